The summed E-state index contributed by atoms with van der Waals surface area (Å²) in [5.41, 5.74) is 6.25. The van der Waals surface area contributed by atoms with E-state index in [1.54, 1.807) is 0 Å². The molecule has 1 aliphatic carbocycles. The van der Waals surface area contributed by atoms with Gasteiger partial charge in [-0.1, -0.05) is 19.3 Å². The van der Waals surface area contributed by atoms with Crippen LogP contribution < -0.4 is 5.73 Å². The molecule has 3 aliphatic rings. The van der Waals surface area contributed by atoms with Crippen LogP contribution in [0.15, 0.2) is 0 Å². The Balaban J connectivity index is 1.47. The van der Waals surface area contributed by atoms with E-state index >= 15 is 0 Å². The van der Waals surface area contributed by atoms with Crippen LogP contribution in [0.2, 0.25) is 0 Å². The van der Waals surface area contributed by atoms with Crippen molar-refractivity contribution in [2.45, 2.75) is 75.5 Å². The van der Waals surface area contributed by atoms with E-state index < -0.39 is 0 Å². The minimum absolute atomic E-state index is 0.287. The van der Waals surface area contributed by atoms with E-state index in [9.17, 15) is 0 Å². The maximum atomic E-state index is 6.45. The molecule has 2 aliphatic heterocycles. The number of hydrogen-bond donors (Lipinski definition) is 1. The van der Waals surface area contributed by atoms with Crippen molar-refractivity contribution in [3.05, 3.63) is 0 Å². The molecule has 2 saturated heterocycles. The lowest BCUT2D eigenvalue weighted by molar-refractivity contribution is -0.0730. The van der Waals surface area contributed by atoms with Gasteiger partial charge in [-0.15, -0.1) is 0 Å². The number of ether oxygens (including phenoxy) is 1. The van der Waals surface area contributed by atoms with Gasteiger partial charge in [-0.2, -0.15) is 0 Å². The molecular formula is C15H28N2O. The SMILES string of the molecule is NC1CCN(CC2CCC3(CCCCC3)O2)CC1. The standard InChI is InChI=1S/C15H28N2O/c16-13-5-10-17(11-6-13)12-14-4-9-15(18-14)7-2-1-3-8-15/h13-14H,1-12,16H2. The minimum atomic E-state index is 0.287. The monoisotopic (exact) mass is 252 g/mol. The number of likely N-dealkylation sites (tertiary alicyclic amines) is 1. The highest BCUT2D eigenvalue weighted by Crippen LogP contribution is 2.42. The Hall–Kier alpha value is -0.120. The fourth-order valence-corrected chi connectivity index (χ4v) is 4.01. The second-order valence-corrected chi connectivity index (χ2v) is 6.66. The Bertz CT molecular complexity index is 268. The summed E-state index contributed by atoms with van der Waals surface area (Å²) in [5.74, 6) is 0. The summed E-state index contributed by atoms with van der Waals surface area (Å²) in [6, 6.07) is 0.440. The van der Waals surface area contributed by atoms with Crippen molar-refractivity contribution < 1.29 is 4.74 Å². The molecule has 2 heterocycles. The molecule has 1 unspecified atom stereocenters. The van der Waals surface area contributed by atoms with E-state index in [-0.39, 0.29) is 5.60 Å². The van der Waals surface area contributed by atoms with Gasteiger partial charge in [0.1, 0.15) is 0 Å². The zero-order valence-corrected chi connectivity index (χ0v) is 11.6. The first-order valence-corrected chi connectivity index (χ1v) is 7.92. The summed E-state index contributed by atoms with van der Waals surface area (Å²) in [5, 5.41) is 0. The molecule has 0 radical (unpaired) electrons. The molecule has 2 N–H and O–H groups in total. The van der Waals surface area contributed by atoms with E-state index in [2.05, 4.69) is 4.90 Å². The van der Waals surface area contributed by atoms with Gasteiger partial charge in [0.15, 0.2) is 0 Å². The zero-order chi connectivity index (χ0) is 12.4. The molecule has 0 aromatic carbocycles. The van der Waals surface area contributed by atoms with E-state index in [1.807, 2.05) is 0 Å². The lowest BCUT2D eigenvalue weighted by atomic mass is 9.83. The first-order valence-electron chi connectivity index (χ1n) is 7.92. The van der Waals surface area contributed by atoms with E-state index in [1.165, 1.54) is 58.0 Å². The van der Waals surface area contributed by atoms with E-state index in [0.29, 0.717) is 12.1 Å². The van der Waals surface area contributed by atoms with Crippen molar-refractivity contribution in [2.24, 2.45) is 5.73 Å². The molecule has 3 heteroatoms. The van der Waals surface area contributed by atoms with E-state index in [4.69, 9.17) is 10.5 Å². The predicted octanol–water partition coefficient (Wildman–Crippen LogP) is 2.29. The molecule has 0 amide bonds. The zero-order valence-electron chi connectivity index (χ0n) is 11.6. The highest BCUT2D eigenvalue weighted by molar-refractivity contribution is 4.92. The van der Waals surface area contributed by atoms with Gasteiger partial charge in [-0.25, -0.2) is 0 Å². The van der Waals surface area contributed by atoms with Gasteiger partial charge in [0, 0.05) is 12.6 Å². The van der Waals surface area contributed by atoms with Crippen LogP contribution in [0.4, 0.5) is 0 Å². The summed E-state index contributed by atoms with van der Waals surface area (Å²) in [4.78, 5) is 2.57. The molecular weight excluding hydrogens is 224 g/mol. The van der Waals surface area contributed by atoms with Gasteiger partial charge in [0.2, 0.25) is 0 Å². The molecule has 0 aromatic rings. The highest BCUT2D eigenvalue weighted by Gasteiger charge is 2.41. The number of nitrogens with two attached hydrogens (primary N) is 1. The third-order valence-corrected chi connectivity index (χ3v) is 5.20. The molecule has 1 spiro atoms. The quantitative estimate of drug-likeness (QED) is 0.819. The van der Waals surface area contributed by atoms with Crippen LogP contribution in [0, 0.1) is 0 Å². The van der Waals surface area contributed by atoms with Gasteiger partial charge >= 0.3 is 0 Å². The Kier molecular flexibility index (Phi) is 3.92. The first-order chi connectivity index (χ1) is 8.76. The normalized spacial score (nSPS) is 34.2. The number of nitrogens with zero attached hydrogens (tertiary/aromatic N) is 1. The molecule has 3 fully saturated rings. The number of piperidine rings is 1. The van der Waals surface area contributed by atoms with Crippen LogP contribution >= 0.6 is 0 Å². The third-order valence-electron chi connectivity index (χ3n) is 5.20. The van der Waals surface area contributed by atoms with Gasteiger partial charge in [-0.3, -0.25) is 0 Å². The smallest absolute Gasteiger partial charge is 0.0710 e. The van der Waals surface area contributed by atoms with Gasteiger partial charge in [0.05, 0.1) is 11.7 Å². The lowest BCUT2D eigenvalue weighted by Gasteiger charge is -2.35. The van der Waals surface area contributed by atoms with Gasteiger partial charge in [0.25, 0.3) is 0 Å². The van der Waals surface area contributed by atoms with Crippen LogP contribution in [0.5, 0.6) is 0 Å². The molecule has 104 valence electrons. The van der Waals surface area contributed by atoms with Crippen molar-refractivity contribution in [3.63, 3.8) is 0 Å². The van der Waals surface area contributed by atoms with Crippen molar-refractivity contribution in [3.8, 4) is 0 Å². The average Bonchev–Trinajstić information content (AvgIpc) is 2.76. The average molecular weight is 252 g/mol. The summed E-state index contributed by atoms with van der Waals surface area (Å²) in [6.45, 7) is 3.50. The minimum Gasteiger partial charge on any atom is -0.370 e. The molecule has 18 heavy (non-hydrogen) atoms. The summed E-state index contributed by atoms with van der Waals surface area (Å²) in [7, 11) is 0. The number of hydrogen-bond acceptors (Lipinski definition) is 3. The predicted molar refractivity (Wildman–Crippen MR) is 73.6 cm³/mol. The summed E-state index contributed by atoms with van der Waals surface area (Å²) in [6.07, 6.45) is 12.2. The largest absolute Gasteiger partial charge is 0.370 e. The van der Waals surface area contributed by atoms with Crippen molar-refractivity contribution in [1.29, 1.82) is 0 Å². The first kappa shape index (κ1) is 12.9. The van der Waals surface area contributed by atoms with Gasteiger partial charge < -0.3 is 15.4 Å². The fraction of sp³-hybridized carbons (Fsp3) is 1.00. The fourth-order valence-electron chi connectivity index (χ4n) is 4.01. The number of rotatable bonds is 2. The van der Waals surface area contributed by atoms with Crippen LogP contribution in [0.1, 0.15) is 57.8 Å². The summed E-state index contributed by atoms with van der Waals surface area (Å²) < 4.78 is 6.45. The molecule has 0 bridgehead atoms. The topological polar surface area (TPSA) is 38.5 Å². The molecule has 1 atom stereocenters. The Morgan fingerprint density at radius 2 is 1.72 bits per heavy atom. The van der Waals surface area contributed by atoms with Crippen molar-refractivity contribution >= 4 is 0 Å². The second kappa shape index (κ2) is 5.48. The molecule has 1 saturated carbocycles. The maximum absolute atomic E-state index is 6.45. The Morgan fingerprint density at radius 3 is 2.44 bits per heavy atom. The molecule has 0 aromatic heterocycles. The maximum Gasteiger partial charge on any atom is 0.0710 e. The second-order valence-electron chi connectivity index (χ2n) is 6.66. The van der Waals surface area contributed by atoms with Crippen LogP contribution in [0.3, 0.4) is 0 Å². The van der Waals surface area contributed by atoms with E-state index in [0.717, 1.165) is 19.4 Å². The lowest BCUT2D eigenvalue weighted by Crippen LogP contribution is -2.43. The summed E-state index contributed by atoms with van der Waals surface area (Å²) >= 11 is 0. The molecule has 3 rings (SSSR count). The van der Waals surface area contributed by atoms with Gasteiger partial charge in [-0.05, 0) is 51.6 Å². The Labute approximate surface area is 111 Å². The van der Waals surface area contributed by atoms with Crippen molar-refractivity contribution in [2.75, 3.05) is 19.6 Å². The van der Waals surface area contributed by atoms with Crippen molar-refractivity contribution in [1.82, 2.24) is 4.90 Å². The third kappa shape index (κ3) is 2.89. The Morgan fingerprint density at radius 1 is 1.00 bits per heavy atom. The van der Waals surface area contributed by atoms with Crippen LogP contribution in [-0.2, 0) is 4.74 Å². The highest BCUT2D eigenvalue weighted by atomic mass is 16.5. The van der Waals surface area contributed by atoms with Crippen LogP contribution in [0.25, 0.3) is 0 Å². The van der Waals surface area contributed by atoms with Crippen LogP contribution in [-0.4, -0.2) is 42.3 Å². The molecule has 3 nitrogen and oxygen atoms in total.